The lowest BCUT2D eigenvalue weighted by Crippen LogP contribution is -2.28. The van der Waals surface area contributed by atoms with Gasteiger partial charge in [0.05, 0.1) is 13.2 Å². The number of amides is 1. The maximum atomic E-state index is 11.6. The number of halogens is 1. The van der Waals surface area contributed by atoms with Crippen LogP contribution in [0.25, 0.3) is 0 Å². The average molecular weight is 255 g/mol. The van der Waals surface area contributed by atoms with Crippen LogP contribution < -0.4 is 5.32 Å². The second kappa shape index (κ2) is 7.04. The molecule has 5 heteroatoms. The summed E-state index contributed by atoms with van der Waals surface area (Å²) in [6, 6.07) is 3.14. The first-order valence-electron chi connectivity index (χ1n) is 5.21. The van der Waals surface area contributed by atoms with E-state index in [1.807, 2.05) is 6.92 Å². The van der Waals surface area contributed by atoms with Gasteiger partial charge in [0.2, 0.25) is 0 Å². The van der Waals surface area contributed by atoms with Gasteiger partial charge in [0.15, 0.2) is 0 Å². The molecule has 0 aliphatic rings. The van der Waals surface area contributed by atoms with Crippen molar-refractivity contribution in [2.45, 2.75) is 6.92 Å². The van der Waals surface area contributed by atoms with Gasteiger partial charge in [-0.1, -0.05) is 23.8 Å². The van der Waals surface area contributed by atoms with E-state index in [-0.39, 0.29) is 5.91 Å². The number of hydrogen-bond acceptors (Lipinski definition) is 3. The van der Waals surface area contributed by atoms with Gasteiger partial charge in [0, 0.05) is 17.8 Å². The summed E-state index contributed by atoms with van der Waals surface area (Å²) in [5, 5.41) is 3.17. The lowest BCUT2D eigenvalue weighted by molar-refractivity contribution is 0.0922. The molecule has 0 aromatic carbocycles. The molecule has 0 aliphatic carbocycles. The monoisotopic (exact) mass is 254 g/mol. The fraction of sp³-hybridized carbons (Fsp3) is 0.333. The molecule has 1 amide bonds. The van der Waals surface area contributed by atoms with Crippen LogP contribution in [0.4, 0.5) is 0 Å². The van der Waals surface area contributed by atoms with E-state index in [9.17, 15) is 4.79 Å². The minimum atomic E-state index is -0.258. The zero-order valence-electron chi connectivity index (χ0n) is 9.70. The largest absolute Gasteiger partial charge is 0.375 e. The third kappa shape index (κ3) is 5.47. The quantitative estimate of drug-likeness (QED) is 0.625. The molecule has 4 nitrogen and oxygen atoms in total. The highest BCUT2D eigenvalue weighted by Gasteiger charge is 2.06. The van der Waals surface area contributed by atoms with Gasteiger partial charge >= 0.3 is 0 Å². The number of nitrogens with one attached hydrogen (secondary N) is 1. The molecule has 0 saturated carbocycles. The van der Waals surface area contributed by atoms with Gasteiger partial charge in [-0.25, -0.2) is 0 Å². The fourth-order valence-electron chi connectivity index (χ4n) is 1.10. The predicted octanol–water partition coefficient (Wildman–Crippen LogP) is 2.06. The lowest BCUT2D eigenvalue weighted by atomic mass is 10.3. The number of carbonyl (C=O) groups is 1. The topological polar surface area (TPSA) is 51.2 Å². The van der Waals surface area contributed by atoms with Crippen molar-refractivity contribution in [1.29, 1.82) is 0 Å². The molecule has 0 radical (unpaired) electrons. The van der Waals surface area contributed by atoms with E-state index < -0.39 is 0 Å². The first-order valence-corrected chi connectivity index (χ1v) is 5.59. The zero-order valence-corrected chi connectivity index (χ0v) is 10.5. The Hall–Kier alpha value is -1.39. The maximum Gasteiger partial charge on any atom is 0.270 e. The van der Waals surface area contributed by atoms with Crippen LogP contribution in [0, 0.1) is 0 Å². The highest BCUT2D eigenvalue weighted by Crippen LogP contribution is 2.07. The van der Waals surface area contributed by atoms with Crippen molar-refractivity contribution >= 4 is 17.5 Å². The van der Waals surface area contributed by atoms with Crippen LogP contribution >= 0.6 is 11.6 Å². The summed E-state index contributed by atoms with van der Waals surface area (Å²) in [5.41, 5.74) is 1.25. The van der Waals surface area contributed by atoms with E-state index in [1.165, 1.54) is 12.3 Å². The summed E-state index contributed by atoms with van der Waals surface area (Å²) in [6.45, 7) is 6.97. The van der Waals surface area contributed by atoms with Crippen LogP contribution in [-0.2, 0) is 4.74 Å². The Balaban J connectivity index is 2.28. The van der Waals surface area contributed by atoms with Gasteiger partial charge in [0.25, 0.3) is 5.91 Å². The molecule has 0 unspecified atom stereocenters. The highest BCUT2D eigenvalue weighted by atomic mass is 35.5. The van der Waals surface area contributed by atoms with E-state index >= 15 is 0 Å². The number of ether oxygens (including phenoxy) is 1. The Morgan fingerprint density at radius 2 is 2.41 bits per heavy atom. The molecule has 0 saturated heterocycles. The Bertz CT molecular complexity index is 407. The number of rotatable bonds is 6. The van der Waals surface area contributed by atoms with Crippen molar-refractivity contribution in [1.82, 2.24) is 10.3 Å². The van der Waals surface area contributed by atoms with Crippen molar-refractivity contribution in [3.8, 4) is 0 Å². The third-order valence-electron chi connectivity index (χ3n) is 1.84. The van der Waals surface area contributed by atoms with Gasteiger partial charge < -0.3 is 10.1 Å². The zero-order chi connectivity index (χ0) is 12.7. The molecule has 17 heavy (non-hydrogen) atoms. The minimum absolute atomic E-state index is 0.258. The first-order chi connectivity index (χ1) is 8.09. The van der Waals surface area contributed by atoms with E-state index in [1.54, 1.807) is 6.07 Å². The Morgan fingerprint density at radius 3 is 3.06 bits per heavy atom. The van der Waals surface area contributed by atoms with Crippen LogP contribution in [0.3, 0.4) is 0 Å². The van der Waals surface area contributed by atoms with Crippen molar-refractivity contribution in [2.75, 3.05) is 19.8 Å². The molecule has 1 rings (SSSR count). The van der Waals surface area contributed by atoms with Gasteiger partial charge in [-0.2, -0.15) is 0 Å². The van der Waals surface area contributed by atoms with Crippen LogP contribution in [0.15, 0.2) is 30.5 Å². The molecule has 0 bridgehead atoms. The summed E-state index contributed by atoms with van der Waals surface area (Å²) in [6.07, 6.45) is 1.49. The number of hydrogen-bond donors (Lipinski definition) is 1. The number of pyridine rings is 1. The van der Waals surface area contributed by atoms with Crippen molar-refractivity contribution in [3.63, 3.8) is 0 Å². The molecule has 1 heterocycles. The maximum absolute atomic E-state index is 11.6. The molecule has 92 valence electrons. The lowest BCUT2D eigenvalue weighted by Gasteiger charge is -2.06. The second-order valence-corrected chi connectivity index (χ2v) is 4.06. The van der Waals surface area contributed by atoms with Gasteiger partial charge in [-0.3, -0.25) is 9.78 Å². The van der Waals surface area contributed by atoms with Gasteiger partial charge in [-0.05, 0) is 19.1 Å². The van der Waals surface area contributed by atoms with Crippen molar-refractivity contribution in [2.24, 2.45) is 0 Å². The summed E-state index contributed by atoms with van der Waals surface area (Å²) in [4.78, 5) is 15.5. The van der Waals surface area contributed by atoms with Crippen LogP contribution in [0.2, 0.25) is 5.02 Å². The molecular formula is C12H15ClN2O2. The molecule has 0 fully saturated rings. The second-order valence-electron chi connectivity index (χ2n) is 3.62. The molecule has 1 aromatic heterocycles. The number of carbonyl (C=O) groups excluding carboxylic acids is 1. The Kier molecular flexibility index (Phi) is 5.66. The Labute approximate surface area is 106 Å². The molecule has 1 N–H and O–H groups in total. The van der Waals surface area contributed by atoms with E-state index in [2.05, 4.69) is 16.9 Å². The third-order valence-corrected chi connectivity index (χ3v) is 2.07. The summed E-state index contributed by atoms with van der Waals surface area (Å²) in [7, 11) is 0. The molecule has 0 aliphatic heterocycles. The molecule has 0 spiro atoms. The Morgan fingerprint density at radius 1 is 1.65 bits per heavy atom. The van der Waals surface area contributed by atoms with E-state index in [0.29, 0.717) is 30.5 Å². The van der Waals surface area contributed by atoms with Gasteiger partial charge in [0.1, 0.15) is 5.69 Å². The summed E-state index contributed by atoms with van der Waals surface area (Å²) in [5.74, 6) is -0.258. The smallest absolute Gasteiger partial charge is 0.270 e. The average Bonchev–Trinajstić information content (AvgIpc) is 2.28. The molecule has 1 aromatic rings. The number of nitrogens with zero attached hydrogens (tertiary/aromatic N) is 1. The normalized spacial score (nSPS) is 10.0. The predicted molar refractivity (Wildman–Crippen MR) is 67.2 cm³/mol. The molecular weight excluding hydrogens is 240 g/mol. The van der Waals surface area contributed by atoms with Gasteiger partial charge in [-0.15, -0.1) is 0 Å². The van der Waals surface area contributed by atoms with E-state index in [4.69, 9.17) is 16.3 Å². The van der Waals surface area contributed by atoms with Crippen LogP contribution in [0.5, 0.6) is 0 Å². The highest BCUT2D eigenvalue weighted by molar-refractivity contribution is 6.30. The van der Waals surface area contributed by atoms with E-state index in [0.717, 1.165) is 5.57 Å². The van der Waals surface area contributed by atoms with Crippen molar-refractivity contribution in [3.05, 3.63) is 41.2 Å². The van der Waals surface area contributed by atoms with Crippen LogP contribution in [0.1, 0.15) is 17.4 Å². The van der Waals surface area contributed by atoms with Crippen molar-refractivity contribution < 1.29 is 9.53 Å². The van der Waals surface area contributed by atoms with Crippen LogP contribution in [-0.4, -0.2) is 30.6 Å². The SMILES string of the molecule is C=C(C)COCCNC(=O)c1cc(Cl)ccn1. The standard InChI is InChI=1S/C12H15ClN2O2/c1-9(2)8-17-6-5-15-12(16)11-7-10(13)3-4-14-11/h3-4,7H,1,5-6,8H2,2H3,(H,15,16). The summed E-state index contributed by atoms with van der Waals surface area (Å²) < 4.78 is 5.24. The summed E-state index contributed by atoms with van der Waals surface area (Å²) >= 11 is 5.75. The first kappa shape index (κ1) is 13.7. The number of aromatic nitrogens is 1. The minimum Gasteiger partial charge on any atom is -0.375 e. The molecule has 0 atom stereocenters. The fourth-order valence-corrected chi connectivity index (χ4v) is 1.26.